The van der Waals surface area contributed by atoms with Crippen molar-refractivity contribution < 1.29 is 9.59 Å². The third kappa shape index (κ3) is 5.54. The standard InChI is InChI=1S/C20H24N2O2/c1-7-18(19(23)13(2)3)8-14(4)11-21-22-12-17-9-15(5)20(24)16(6)10-17/h8-12H,2,7H2,1,3-6H3/b14-11?,18-8-,22-21?. The topological polar surface area (TPSA) is 58.9 Å². The van der Waals surface area contributed by atoms with Crippen LogP contribution in [0.2, 0.25) is 0 Å². The third-order valence-corrected chi connectivity index (χ3v) is 3.48. The van der Waals surface area contributed by atoms with E-state index in [1.165, 1.54) is 0 Å². The Morgan fingerprint density at radius 2 is 1.75 bits per heavy atom. The van der Waals surface area contributed by atoms with Crippen LogP contribution in [0, 0.1) is 0 Å². The van der Waals surface area contributed by atoms with Gasteiger partial charge < -0.3 is 0 Å². The Balaban J connectivity index is 2.87. The minimum atomic E-state index is -0.0302. The highest BCUT2D eigenvalue weighted by Crippen LogP contribution is 2.18. The average molecular weight is 324 g/mol. The molecule has 0 aromatic carbocycles. The number of carbonyl (C=O) groups excluding carboxylic acids is 2. The molecule has 0 heterocycles. The van der Waals surface area contributed by atoms with Crippen LogP contribution in [-0.4, -0.2) is 11.6 Å². The van der Waals surface area contributed by atoms with Gasteiger partial charge in [0.05, 0.1) is 12.4 Å². The van der Waals surface area contributed by atoms with Crippen molar-refractivity contribution in [2.75, 3.05) is 0 Å². The summed E-state index contributed by atoms with van der Waals surface area (Å²) in [6, 6.07) is 0. The van der Waals surface area contributed by atoms with E-state index in [0.29, 0.717) is 28.7 Å². The molecule has 0 aliphatic heterocycles. The fourth-order valence-corrected chi connectivity index (χ4v) is 2.20. The second-order valence-corrected chi connectivity index (χ2v) is 5.85. The summed E-state index contributed by atoms with van der Waals surface area (Å²) in [5, 5.41) is 7.99. The quantitative estimate of drug-likeness (QED) is 0.384. The average Bonchev–Trinajstić information content (AvgIpc) is 2.53. The molecular formula is C20H24N2O2. The number of Topliss-reactive ketones (excluding diaryl/α,β-unsaturated/α-hetero) is 2. The van der Waals surface area contributed by atoms with E-state index < -0.39 is 0 Å². The minimum Gasteiger partial charge on any atom is -0.289 e. The molecule has 126 valence electrons. The number of hydrogen-bond acceptors (Lipinski definition) is 4. The van der Waals surface area contributed by atoms with E-state index in [1.54, 1.807) is 51.4 Å². The van der Waals surface area contributed by atoms with Gasteiger partial charge in [0.15, 0.2) is 11.6 Å². The molecule has 0 radical (unpaired) electrons. The molecule has 0 aromatic rings. The number of carbonyl (C=O) groups is 2. The van der Waals surface area contributed by atoms with Crippen molar-refractivity contribution in [1.82, 2.24) is 0 Å². The molecular weight excluding hydrogens is 300 g/mol. The minimum absolute atomic E-state index is 0.0302. The molecule has 1 rings (SSSR count). The fourth-order valence-electron chi connectivity index (χ4n) is 2.20. The maximum absolute atomic E-state index is 11.9. The van der Waals surface area contributed by atoms with Crippen molar-refractivity contribution in [3.8, 4) is 0 Å². The first-order chi connectivity index (χ1) is 11.3. The van der Waals surface area contributed by atoms with Crippen LogP contribution in [0.4, 0.5) is 0 Å². The summed E-state index contributed by atoms with van der Waals surface area (Å²) in [6.45, 7) is 12.7. The van der Waals surface area contributed by atoms with Crippen molar-refractivity contribution in [2.45, 2.75) is 41.0 Å². The number of azo groups is 1. The van der Waals surface area contributed by atoms with Crippen molar-refractivity contribution in [1.29, 1.82) is 0 Å². The van der Waals surface area contributed by atoms with Crippen LogP contribution in [0.15, 0.2) is 80.9 Å². The Bertz CT molecular complexity index is 718. The molecule has 0 saturated carbocycles. The highest BCUT2D eigenvalue weighted by atomic mass is 16.1. The van der Waals surface area contributed by atoms with E-state index in [-0.39, 0.29) is 11.6 Å². The Hall–Kier alpha value is -2.62. The highest BCUT2D eigenvalue weighted by molar-refractivity contribution is 6.09. The van der Waals surface area contributed by atoms with Crippen LogP contribution in [0.3, 0.4) is 0 Å². The second-order valence-electron chi connectivity index (χ2n) is 5.85. The van der Waals surface area contributed by atoms with E-state index in [2.05, 4.69) is 16.8 Å². The van der Waals surface area contributed by atoms with Crippen molar-refractivity contribution in [3.05, 3.63) is 70.6 Å². The molecule has 0 amide bonds. The van der Waals surface area contributed by atoms with Crippen LogP contribution < -0.4 is 0 Å². The Morgan fingerprint density at radius 3 is 2.25 bits per heavy atom. The van der Waals surface area contributed by atoms with Gasteiger partial charge in [-0.15, -0.1) is 0 Å². The molecule has 1 aliphatic rings. The van der Waals surface area contributed by atoms with E-state index in [9.17, 15) is 9.59 Å². The van der Waals surface area contributed by atoms with E-state index >= 15 is 0 Å². The van der Waals surface area contributed by atoms with Gasteiger partial charge in [-0.25, -0.2) is 0 Å². The lowest BCUT2D eigenvalue weighted by atomic mass is 9.96. The van der Waals surface area contributed by atoms with Crippen molar-refractivity contribution in [3.63, 3.8) is 0 Å². The van der Waals surface area contributed by atoms with E-state index in [1.807, 2.05) is 13.8 Å². The van der Waals surface area contributed by atoms with Gasteiger partial charge in [0.2, 0.25) is 0 Å². The van der Waals surface area contributed by atoms with Gasteiger partial charge in [0.25, 0.3) is 0 Å². The van der Waals surface area contributed by atoms with Gasteiger partial charge in [-0.2, -0.15) is 10.2 Å². The van der Waals surface area contributed by atoms with Crippen LogP contribution in [0.25, 0.3) is 0 Å². The number of rotatable bonds is 6. The highest BCUT2D eigenvalue weighted by Gasteiger charge is 2.12. The Kier molecular flexibility index (Phi) is 7.18. The van der Waals surface area contributed by atoms with Crippen LogP contribution >= 0.6 is 0 Å². The van der Waals surface area contributed by atoms with Crippen LogP contribution in [0.5, 0.6) is 0 Å². The summed E-state index contributed by atoms with van der Waals surface area (Å²) in [7, 11) is 0. The molecule has 0 spiro atoms. The molecule has 0 unspecified atom stereocenters. The lowest BCUT2D eigenvalue weighted by Crippen LogP contribution is -2.05. The maximum atomic E-state index is 11.9. The van der Waals surface area contributed by atoms with Crippen molar-refractivity contribution >= 4 is 11.6 Å². The lowest BCUT2D eigenvalue weighted by Gasteiger charge is -2.07. The van der Waals surface area contributed by atoms with Gasteiger partial charge in [0, 0.05) is 0 Å². The zero-order valence-corrected chi connectivity index (χ0v) is 15.0. The molecule has 0 bridgehead atoms. The van der Waals surface area contributed by atoms with Gasteiger partial charge in [-0.3, -0.25) is 9.59 Å². The number of ketones is 2. The summed E-state index contributed by atoms with van der Waals surface area (Å²) in [4.78, 5) is 23.6. The molecule has 1 aliphatic carbocycles. The molecule has 0 N–H and O–H groups in total. The molecule has 0 aromatic heterocycles. The first-order valence-corrected chi connectivity index (χ1v) is 7.85. The maximum Gasteiger partial charge on any atom is 0.184 e. The van der Waals surface area contributed by atoms with Crippen molar-refractivity contribution in [2.24, 2.45) is 10.2 Å². The predicted octanol–water partition coefficient (Wildman–Crippen LogP) is 5.18. The predicted molar refractivity (Wildman–Crippen MR) is 97.4 cm³/mol. The number of hydrogen-bond donors (Lipinski definition) is 0. The van der Waals surface area contributed by atoms with E-state index in [0.717, 1.165) is 11.1 Å². The second kappa shape index (κ2) is 8.87. The number of nitrogens with zero attached hydrogens (tertiary/aromatic N) is 2. The smallest absolute Gasteiger partial charge is 0.184 e. The zero-order valence-electron chi connectivity index (χ0n) is 15.0. The molecule has 4 heteroatoms. The zero-order chi connectivity index (χ0) is 18.3. The Morgan fingerprint density at radius 1 is 1.17 bits per heavy atom. The summed E-state index contributed by atoms with van der Waals surface area (Å²) in [5.41, 5.74) is 4.28. The van der Waals surface area contributed by atoms with E-state index in [4.69, 9.17) is 0 Å². The van der Waals surface area contributed by atoms with Crippen LogP contribution in [-0.2, 0) is 9.59 Å². The largest absolute Gasteiger partial charge is 0.289 e. The molecule has 0 atom stereocenters. The summed E-state index contributed by atoms with van der Waals surface area (Å²) in [5.74, 6) is 0.0247. The monoisotopic (exact) mass is 324 g/mol. The lowest BCUT2D eigenvalue weighted by molar-refractivity contribution is -0.113. The van der Waals surface area contributed by atoms with Crippen LogP contribution in [0.1, 0.15) is 41.0 Å². The van der Waals surface area contributed by atoms with Gasteiger partial charge in [0.1, 0.15) is 0 Å². The first-order valence-electron chi connectivity index (χ1n) is 7.85. The fraction of sp³-hybridized carbons (Fsp3) is 0.300. The van der Waals surface area contributed by atoms with Gasteiger partial charge in [-0.1, -0.05) is 19.6 Å². The van der Waals surface area contributed by atoms with Gasteiger partial charge in [-0.05, 0) is 79.7 Å². The molecule has 0 saturated heterocycles. The third-order valence-electron chi connectivity index (χ3n) is 3.48. The number of allylic oxidation sites excluding steroid dienone is 9. The van der Waals surface area contributed by atoms with Gasteiger partial charge >= 0.3 is 0 Å². The molecule has 0 fully saturated rings. The molecule has 24 heavy (non-hydrogen) atoms. The summed E-state index contributed by atoms with van der Waals surface area (Å²) in [6.07, 6.45) is 9.21. The summed E-state index contributed by atoms with van der Waals surface area (Å²) >= 11 is 0. The normalized spacial score (nSPS) is 16.2. The molecule has 4 nitrogen and oxygen atoms in total. The SMILES string of the molecule is C=C(C)C(=O)/C(=C\C(C)=CN=NC=C1C=C(C)C(=O)C(C)=C1)CC. The first kappa shape index (κ1) is 19.4. The Labute approximate surface area is 143 Å². The summed E-state index contributed by atoms with van der Waals surface area (Å²) < 4.78 is 0.